The van der Waals surface area contributed by atoms with Crippen LogP contribution in [0.3, 0.4) is 0 Å². The fourth-order valence-electron chi connectivity index (χ4n) is 10.3. The molecule has 0 fully saturated rings. The highest BCUT2D eigenvalue weighted by Crippen LogP contribution is 2.41. The molecule has 3 unspecified atom stereocenters. The summed E-state index contributed by atoms with van der Waals surface area (Å²) in [6.45, 7) is 0.686. The van der Waals surface area contributed by atoms with E-state index in [1.807, 2.05) is 6.07 Å². The van der Waals surface area contributed by atoms with Crippen molar-refractivity contribution >= 4 is 32.9 Å². The number of hydrogen-bond acceptors (Lipinski definition) is 5. The molecule has 352 valence electrons. The summed E-state index contributed by atoms with van der Waals surface area (Å²) in [5, 5.41) is 16.3. The fraction of sp³-hybridized carbons (Fsp3) is 0.0588. The molecule has 0 bridgehead atoms. The number of fused-ring (bicyclic) bond motifs is 2. The van der Waals surface area contributed by atoms with Crippen LogP contribution in [0.4, 0.5) is 5.69 Å². The van der Waals surface area contributed by atoms with Gasteiger partial charge in [-0.25, -0.2) is 5.43 Å². The molecule has 0 radical (unpaired) electrons. The van der Waals surface area contributed by atoms with Crippen LogP contribution < -0.4 is 26.8 Å². The molecule has 0 spiro atoms. The van der Waals surface area contributed by atoms with Crippen LogP contribution in [-0.4, -0.2) is 0 Å². The number of hydrogen-bond donors (Lipinski definition) is 5. The standard InChI is InChI=1S/C68H55N5/c1-5-17-48(18-6-1)49-37-39-56(40-38-49)72-73-67(54-21-9-3-10-22-54)69-46-47-29-31-50(32-30-47)57-41-43-63(61-27-15-13-25-59(57)61)64-44-42-58(60-26-14-16-28-62(60)64)51-33-35-53(36-34-51)66-45-65(52-19-7-2-8-20-52)70-68(71-66)55-23-11-4-12-24-55/h1-45,66-73H,46H2. The summed E-state index contributed by atoms with van der Waals surface area (Å²) >= 11 is 0. The molecule has 0 aromatic heterocycles. The summed E-state index contributed by atoms with van der Waals surface area (Å²) in [5.41, 5.74) is 24.7. The zero-order valence-corrected chi connectivity index (χ0v) is 40.4. The second-order valence-electron chi connectivity index (χ2n) is 18.7. The highest BCUT2D eigenvalue weighted by atomic mass is 15.4. The van der Waals surface area contributed by atoms with E-state index < -0.39 is 0 Å². The number of nitrogens with one attached hydrogen (secondary N) is 5. The minimum absolute atomic E-state index is 0.0254. The molecule has 12 rings (SSSR count). The first-order chi connectivity index (χ1) is 36.2. The van der Waals surface area contributed by atoms with E-state index in [0.717, 1.165) is 16.9 Å². The lowest BCUT2D eigenvalue weighted by molar-refractivity contribution is 0.442. The van der Waals surface area contributed by atoms with Crippen molar-refractivity contribution in [2.45, 2.75) is 24.9 Å². The number of anilines is 1. The van der Waals surface area contributed by atoms with Crippen molar-refractivity contribution < 1.29 is 0 Å². The Bertz CT molecular complexity index is 3650. The molecule has 0 amide bonds. The predicted octanol–water partition coefficient (Wildman–Crippen LogP) is 16.0. The van der Waals surface area contributed by atoms with Crippen LogP contribution in [0.2, 0.25) is 0 Å². The van der Waals surface area contributed by atoms with Gasteiger partial charge in [-0.15, -0.1) is 0 Å². The van der Waals surface area contributed by atoms with Gasteiger partial charge in [-0.2, -0.15) is 0 Å². The Labute approximate surface area is 427 Å². The van der Waals surface area contributed by atoms with Crippen LogP contribution in [0.15, 0.2) is 273 Å². The molecule has 1 aliphatic rings. The average molecular weight is 942 g/mol. The first-order valence-electron chi connectivity index (χ1n) is 25.2. The predicted molar refractivity (Wildman–Crippen MR) is 305 cm³/mol. The Morgan fingerprint density at radius 2 is 0.822 bits per heavy atom. The Morgan fingerprint density at radius 1 is 0.370 bits per heavy atom. The molecule has 73 heavy (non-hydrogen) atoms. The van der Waals surface area contributed by atoms with Crippen LogP contribution in [-0.2, 0) is 6.54 Å². The first-order valence-corrected chi connectivity index (χ1v) is 25.2. The minimum atomic E-state index is -0.126. The molecule has 11 aromatic rings. The van der Waals surface area contributed by atoms with Gasteiger partial charge in [0.15, 0.2) is 0 Å². The van der Waals surface area contributed by atoms with Gasteiger partial charge >= 0.3 is 0 Å². The molecule has 1 aliphatic heterocycles. The van der Waals surface area contributed by atoms with Gasteiger partial charge in [0.25, 0.3) is 0 Å². The smallest absolute Gasteiger partial charge is 0.104 e. The van der Waals surface area contributed by atoms with E-state index in [1.54, 1.807) is 0 Å². The second-order valence-corrected chi connectivity index (χ2v) is 18.7. The topological polar surface area (TPSA) is 60.1 Å². The minimum Gasteiger partial charge on any atom is -0.366 e. The van der Waals surface area contributed by atoms with Crippen molar-refractivity contribution in [2.75, 3.05) is 5.43 Å². The lowest BCUT2D eigenvalue weighted by Crippen LogP contribution is -2.39. The van der Waals surface area contributed by atoms with E-state index >= 15 is 0 Å². The summed E-state index contributed by atoms with van der Waals surface area (Å²) in [4.78, 5) is 0. The molecular weight excluding hydrogens is 887 g/mol. The van der Waals surface area contributed by atoms with Gasteiger partial charge in [0.05, 0.1) is 6.04 Å². The molecule has 0 aliphatic carbocycles. The maximum absolute atomic E-state index is 3.86. The van der Waals surface area contributed by atoms with Gasteiger partial charge in [0.2, 0.25) is 0 Å². The Hall–Kier alpha value is -8.84. The van der Waals surface area contributed by atoms with E-state index in [0.29, 0.717) is 6.54 Å². The third kappa shape index (κ3) is 9.81. The molecule has 1 heterocycles. The van der Waals surface area contributed by atoms with Gasteiger partial charge in [-0.05, 0) is 112 Å². The monoisotopic (exact) mass is 941 g/mol. The normalized spacial score (nSPS) is 14.8. The quantitative estimate of drug-likeness (QED) is 0.0555. The van der Waals surface area contributed by atoms with Crippen molar-refractivity contribution in [1.29, 1.82) is 0 Å². The molecule has 0 saturated heterocycles. The largest absolute Gasteiger partial charge is 0.366 e. The highest BCUT2D eigenvalue weighted by molar-refractivity contribution is 6.12. The molecular formula is C68H55N5. The fourth-order valence-corrected chi connectivity index (χ4v) is 10.3. The SMILES string of the molecule is C1=C(c2ccccc2)NC(c2ccccc2)NC1c1ccc(-c2ccc(-c3ccc(-c4ccc(CNC(NNc5ccc(-c6ccccc6)cc5)c5ccccc5)cc4)c4ccccc34)c3ccccc23)cc1. The second kappa shape index (κ2) is 20.9. The van der Waals surface area contributed by atoms with E-state index in [4.69, 9.17) is 0 Å². The van der Waals surface area contributed by atoms with Crippen LogP contribution in [0.1, 0.15) is 46.2 Å². The van der Waals surface area contributed by atoms with Gasteiger partial charge in [0, 0.05) is 17.9 Å². The zero-order chi connectivity index (χ0) is 48.8. The molecule has 3 atom stereocenters. The molecule has 5 heteroatoms. The van der Waals surface area contributed by atoms with Crippen LogP contribution in [0.25, 0.3) is 71.7 Å². The maximum atomic E-state index is 3.86. The van der Waals surface area contributed by atoms with Crippen LogP contribution in [0, 0.1) is 0 Å². The number of hydrazine groups is 1. The van der Waals surface area contributed by atoms with Crippen LogP contribution >= 0.6 is 0 Å². The van der Waals surface area contributed by atoms with E-state index in [1.165, 1.54) is 88.3 Å². The highest BCUT2D eigenvalue weighted by Gasteiger charge is 2.24. The van der Waals surface area contributed by atoms with Gasteiger partial charge in [-0.3, -0.25) is 10.6 Å². The Balaban J connectivity index is 0.777. The van der Waals surface area contributed by atoms with Crippen molar-refractivity contribution in [1.82, 2.24) is 21.4 Å². The number of rotatable bonds is 14. The van der Waals surface area contributed by atoms with Gasteiger partial charge in [0.1, 0.15) is 12.3 Å². The molecule has 5 N–H and O–H groups in total. The Morgan fingerprint density at radius 3 is 1.40 bits per heavy atom. The Kier molecular flexibility index (Phi) is 12.9. The van der Waals surface area contributed by atoms with Gasteiger partial charge in [-0.1, -0.05) is 255 Å². The number of benzene rings is 11. The van der Waals surface area contributed by atoms with Crippen molar-refractivity contribution in [2.24, 2.45) is 0 Å². The average Bonchev–Trinajstić information content (AvgIpc) is 3.48. The summed E-state index contributed by atoms with van der Waals surface area (Å²) in [6.07, 6.45) is 2.16. The van der Waals surface area contributed by atoms with Gasteiger partial charge < -0.3 is 10.7 Å². The summed E-state index contributed by atoms with van der Waals surface area (Å²) in [7, 11) is 0. The lowest BCUT2D eigenvalue weighted by atomic mass is 9.87. The maximum Gasteiger partial charge on any atom is 0.104 e. The third-order valence-corrected chi connectivity index (χ3v) is 14.2. The van der Waals surface area contributed by atoms with E-state index in [-0.39, 0.29) is 18.4 Å². The zero-order valence-electron chi connectivity index (χ0n) is 40.4. The lowest BCUT2D eigenvalue weighted by Gasteiger charge is -2.33. The van der Waals surface area contributed by atoms with Crippen molar-refractivity contribution in [3.8, 4) is 44.5 Å². The van der Waals surface area contributed by atoms with E-state index in [2.05, 4.69) is 294 Å². The molecule has 0 saturated carbocycles. The first kappa shape index (κ1) is 45.3. The summed E-state index contributed by atoms with van der Waals surface area (Å²) in [6, 6.07) is 95.8. The molecule has 11 aromatic carbocycles. The molecule has 5 nitrogen and oxygen atoms in total. The summed E-state index contributed by atoms with van der Waals surface area (Å²) in [5.74, 6) is 0. The third-order valence-electron chi connectivity index (χ3n) is 14.2. The van der Waals surface area contributed by atoms with Crippen molar-refractivity contribution in [3.63, 3.8) is 0 Å². The van der Waals surface area contributed by atoms with Crippen LogP contribution in [0.5, 0.6) is 0 Å². The summed E-state index contributed by atoms with van der Waals surface area (Å²) < 4.78 is 0. The van der Waals surface area contributed by atoms with Crippen molar-refractivity contribution in [3.05, 3.63) is 301 Å². The van der Waals surface area contributed by atoms with E-state index in [9.17, 15) is 0 Å².